The zero-order chi connectivity index (χ0) is 24.4. The van der Waals surface area contributed by atoms with E-state index in [1.807, 2.05) is 4.90 Å². The van der Waals surface area contributed by atoms with E-state index in [0.29, 0.717) is 37.6 Å². The van der Waals surface area contributed by atoms with E-state index in [1.165, 1.54) is 47.0 Å². The molecule has 3 saturated carbocycles. The lowest BCUT2D eigenvalue weighted by atomic mass is 9.48. The first-order valence-corrected chi connectivity index (χ1v) is 13.7. The molecular weight excluding hydrogens is 454 g/mol. The molecule has 36 heavy (non-hydrogen) atoms. The molecule has 1 aromatic heterocycles. The molecule has 5 aliphatic rings. The molecule has 3 aromatic rings. The number of rotatable bonds is 7. The zero-order valence-corrected chi connectivity index (χ0v) is 21.0. The van der Waals surface area contributed by atoms with Crippen molar-refractivity contribution in [3.05, 3.63) is 65.4 Å². The van der Waals surface area contributed by atoms with Crippen LogP contribution in [0.15, 0.2) is 48.5 Å². The Morgan fingerprint density at radius 1 is 1.06 bits per heavy atom. The molecule has 6 heteroatoms. The number of para-hydroxylation sites is 1. The summed E-state index contributed by atoms with van der Waals surface area (Å²) < 4.78 is 27.2. The number of halogens is 2. The predicted molar refractivity (Wildman–Crippen MR) is 141 cm³/mol. The van der Waals surface area contributed by atoms with Crippen molar-refractivity contribution in [1.82, 2.24) is 14.8 Å². The van der Waals surface area contributed by atoms with E-state index in [9.17, 15) is 8.78 Å². The average molecular weight is 491 g/mol. The number of aromatic amines is 1. The van der Waals surface area contributed by atoms with Gasteiger partial charge in [-0.15, -0.1) is 0 Å². The summed E-state index contributed by atoms with van der Waals surface area (Å²) in [5.74, 6) is 0.929. The number of hydrogen-bond donors (Lipinski definition) is 2. The molecule has 4 atom stereocenters. The number of aromatic nitrogens is 1. The Balaban J connectivity index is 1.18. The largest absolute Gasteiger partial charge is 0.378 e. The van der Waals surface area contributed by atoms with Crippen molar-refractivity contribution in [2.75, 3.05) is 31.6 Å². The van der Waals surface area contributed by atoms with Gasteiger partial charge in [-0.2, -0.15) is 0 Å². The van der Waals surface area contributed by atoms with Crippen molar-refractivity contribution in [3.8, 4) is 0 Å². The number of alkyl halides is 2. The van der Waals surface area contributed by atoms with Gasteiger partial charge in [-0.1, -0.05) is 30.3 Å². The Hall–Kier alpha value is -2.44. The minimum absolute atomic E-state index is 0.211. The Kier molecular flexibility index (Phi) is 5.40. The SMILES string of the molecule is C[C@@H]1Cc2c([nH]c3ccccc23)[C@@H](c2ccc(N[C@H]3CN(CCCF)C[C@H]3F)cc2)N1C12CC(C1)C2. The summed E-state index contributed by atoms with van der Waals surface area (Å²) in [7, 11) is 0. The third kappa shape index (κ3) is 3.52. The average Bonchev–Trinajstić information content (AvgIpc) is 3.36. The standard InChI is InChI=1S/C30H36F2N4/c1-19-13-24-23-5-2-3-6-26(23)34-28(24)29(36(19)30-14-20(15-30)16-30)21-7-9-22(10-8-21)33-27-18-35(12-4-11-31)17-25(27)32/h2-3,5-10,19-20,25,27,29,33-34H,4,11-18H2,1H3/t19-,20?,25-,27+,29-,30?/m1/s1. The van der Waals surface area contributed by atoms with Gasteiger partial charge in [0, 0.05) is 53.5 Å². The highest BCUT2D eigenvalue weighted by Gasteiger charge is 2.63. The lowest BCUT2D eigenvalue weighted by Gasteiger charge is -2.70. The van der Waals surface area contributed by atoms with Crippen molar-refractivity contribution in [3.63, 3.8) is 0 Å². The number of anilines is 1. The van der Waals surface area contributed by atoms with Crippen molar-refractivity contribution in [2.45, 2.75) is 68.9 Å². The second kappa shape index (κ2) is 8.56. The topological polar surface area (TPSA) is 34.3 Å². The van der Waals surface area contributed by atoms with Crippen LogP contribution < -0.4 is 5.32 Å². The molecule has 0 radical (unpaired) electrons. The van der Waals surface area contributed by atoms with Crippen LogP contribution in [0.2, 0.25) is 0 Å². The molecule has 4 fully saturated rings. The maximum absolute atomic E-state index is 14.7. The Morgan fingerprint density at radius 3 is 2.56 bits per heavy atom. The summed E-state index contributed by atoms with van der Waals surface area (Å²) in [6.45, 7) is 3.70. The smallest absolute Gasteiger partial charge is 0.134 e. The third-order valence-electron chi connectivity index (χ3n) is 9.44. The molecule has 4 nitrogen and oxygen atoms in total. The van der Waals surface area contributed by atoms with Gasteiger partial charge < -0.3 is 10.3 Å². The van der Waals surface area contributed by atoms with Gasteiger partial charge in [0.05, 0.1) is 18.8 Å². The van der Waals surface area contributed by atoms with Crippen molar-refractivity contribution in [1.29, 1.82) is 0 Å². The second-order valence-corrected chi connectivity index (χ2v) is 11.8. The summed E-state index contributed by atoms with van der Waals surface area (Å²) in [5, 5.41) is 4.77. The molecular formula is C30H36F2N4. The van der Waals surface area contributed by atoms with Crippen LogP contribution in [0.5, 0.6) is 0 Å². The lowest BCUT2D eigenvalue weighted by Crippen LogP contribution is -2.71. The normalized spacial score (nSPS) is 33.8. The fourth-order valence-corrected chi connectivity index (χ4v) is 7.70. The quantitative estimate of drug-likeness (QED) is 0.436. The highest BCUT2D eigenvalue weighted by atomic mass is 19.1. The van der Waals surface area contributed by atoms with Gasteiger partial charge in [0.15, 0.2) is 0 Å². The van der Waals surface area contributed by atoms with E-state index in [0.717, 1.165) is 18.0 Å². The fourth-order valence-electron chi connectivity index (χ4n) is 7.70. The molecule has 0 amide bonds. The molecule has 190 valence electrons. The highest BCUT2D eigenvalue weighted by Crippen LogP contribution is 2.64. The van der Waals surface area contributed by atoms with Gasteiger partial charge >= 0.3 is 0 Å². The number of H-pyrrole nitrogens is 1. The first kappa shape index (κ1) is 22.7. The van der Waals surface area contributed by atoms with E-state index >= 15 is 0 Å². The van der Waals surface area contributed by atoms with Crippen LogP contribution >= 0.6 is 0 Å². The van der Waals surface area contributed by atoms with Gasteiger partial charge in [0.2, 0.25) is 0 Å². The molecule has 2 N–H and O–H groups in total. The van der Waals surface area contributed by atoms with E-state index in [-0.39, 0.29) is 18.8 Å². The molecule has 2 aromatic carbocycles. The number of likely N-dealkylation sites (tertiary alicyclic amines) is 1. The van der Waals surface area contributed by atoms with Gasteiger partial charge in [-0.25, -0.2) is 4.39 Å². The number of fused-ring (bicyclic) bond motifs is 3. The zero-order valence-electron chi connectivity index (χ0n) is 21.0. The molecule has 2 aliphatic heterocycles. The van der Waals surface area contributed by atoms with E-state index in [2.05, 4.69) is 70.7 Å². The molecule has 0 unspecified atom stereocenters. The monoisotopic (exact) mass is 490 g/mol. The van der Waals surface area contributed by atoms with E-state index < -0.39 is 6.17 Å². The number of nitrogens with zero attached hydrogens (tertiary/aromatic N) is 2. The molecule has 2 bridgehead atoms. The number of nitrogens with one attached hydrogen (secondary N) is 2. The Bertz CT molecular complexity index is 1240. The summed E-state index contributed by atoms with van der Waals surface area (Å²) in [6.07, 6.45) is 4.63. The second-order valence-electron chi connectivity index (χ2n) is 11.8. The lowest BCUT2D eigenvalue weighted by molar-refractivity contribution is -0.174. The van der Waals surface area contributed by atoms with Crippen LogP contribution in [-0.2, 0) is 6.42 Å². The van der Waals surface area contributed by atoms with Crippen molar-refractivity contribution < 1.29 is 8.78 Å². The van der Waals surface area contributed by atoms with Crippen LogP contribution in [0.1, 0.15) is 55.5 Å². The third-order valence-corrected chi connectivity index (χ3v) is 9.44. The van der Waals surface area contributed by atoms with Gasteiger partial charge in [0.1, 0.15) is 6.17 Å². The molecule has 0 spiro atoms. The van der Waals surface area contributed by atoms with Crippen LogP contribution in [0, 0.1) is 5.92 Å². The fraction of sp³-hybridized carbons (Fsp3) is 0.533. The first-order chi connectivity index (χ1) is 17.5. The molecule has 3 aliphatic carbocycles. The number of benzene rings is 2. The summed E-state index contributed by atoms with van der Waals surface area (Å²) in [5.41, 5.74) is 6.66. The minimum Gasteiger partial charge on any atom is -0.378 e. The molecule has 1 saturated heterocycles. The number of hydrogen-bond acceptors (Lipinski definition) is 3. The summed E-state index contributed by atoms with van der Waals surface area (Å²) in [6, 6.07) is 17.9. The summed E-state index contributed by atoms with van der Waals surface area (Å²) >= 11 is 0. The summed E-state index contributed by atoms with van der Waals surface area (Å²) in [4.78, 5) is 8.66. The first-order valence-electron chi connectivity index (χ1n) is 13.7. The van der Waals surface area contributed by atoms with Gasteiger partial charge in [-0.3, -0.25) is 14.2 Å². The van der Waals surface area contributed by atoms with Crippen LogP contribution in [0.3, 0.4) is 0 Å². The van der Waals surface area contributed by atoms with E-state index in [1.54, 1.807) is 0 Å². The minimum atomic E-state index is -0.933. The maximum atomic E-state index is 14.7. The van der Waals surface area contributed by atoms with Crippen LogP contribution in [0.25, 0.3) is 10.9 Å². The predicted octanol–water partition coefficient (Wildman–Crippen LogP) is 5.85. The Labute approximate surface area is 212 Å². The Morgan fingerprint density at radius 2 is 1.83 bits per heavy atom. The van der Waals surface area contributed by atoms with Crippen molar-refractivity contribution in [2.24, 2.45) is 5.92 Å². The molecule has 8 rings (SSSR count). The van der Waals surface area contributed by atoms with Gasteiger partial charge in [-0.05, 0) is 74.3 Å². The van der Waals surface area contributed by atoms with E-state index in [4.69, 9.17) is 0 Å². The van der Waals surface area contributed by atoms with Crippen LogP contribution in [-0.4, -0.2) is 64.9 Å². The van der Waals surface area contributed by atoms with Crippen molar-refractivity contribution >= 4 is 16.6 Å². The van der Waals surface area contributed by atoms with Crippen LogP contribution in [0.4, 0.5) is 14.5 Å². The molecule has 3 heterocycles. The van der Waals surface area contributed by atoms with Gasteiger partial charge in [0.25, 0.3) is 0 Å². The maximum Gasteiger partial charge on any atom is 0.134 e. The highest BCUT2D eigenvalue weighted by molar-refractivity contribution is 5.85.